The number of carbonyl (C=O) groups excluding carboxylic acids is 1. The van der Waals surface area contributed by atoms with Crippen molar-refractivity contribution in [3.8, 4) is 5.75 Å². The number of aromatic amines is 1. The lowest BCUT2D eigenvalue weighted by Crippen LogP contribution is -2.45. The number of nitrogens with one attached hydrogen (secondary N) is 2. The summed E-state index contributed by atoms with van der Waals surface area (Å²) in [6, 6.07) is 5.22. The summed E-state index contributed by atoms with van der Waals surface area (Å²) in [5.74, 6) is 0.307. The molecule has 3 rings (SSSR count). The Kier molecular flexibility index (Phi) is 7.71. The van der Waals surface area contributed by atoms with Crippen molar-refractivity contribution in [1.29, 1.82) is 0 Å². The van der Waals surface area contributed by atoms with Crippen LogP contribution in [0.1, 0.15) is 28.9 Å². The number of hydrogen-bond acceptors (Lipinski definition) is 6. The van der Waals surface area contributed by atoms with Crippen molar-refractivity contribution < 1.29 is 14.6 Å². The number of aliphatic hydroxyl groups excluding tert-OH is 1. The molecule has 1 saturated heterocycles. The summed E-state index contributed by atoms with van der Waals surface area (Å²) < 4.78 is 5.97. The first-order chi connectivity index (χ1) is 14.3. The minimum Gasteiger partial charge on any atom is -0.490 e. The maximum atomic E-state index is 12.2. The molecule has 1 unspecified atom stereocenters. The van der Waals surface area contributed by atoms with E-state index < -0.39 is 11.8 Å². The number of nitrogens with zero attached hydrogens (tertiary/aromatic N) is 2. The van der Waals surface area contributed by atoms with Gasteiger partial charge in [-0.15, -0.1) is 0 Å². The van der Waals surface area contributed by atoms with Crippen LogP contribution in [0.25, 0.3) is 0 Å². The monoisotopic (exact) mass is 454 g/mol. The predicted octanol–water partition coefficient (Wildman–Crippen LogP) is 2.02. The summed E-state index contributed by atoms with van der Waals surface area (Å²) in [5, 5.41) is 13.9. The lowest BCUT2D eigenvalue weighted by atomic mass is 10.1. The molecule has 3 N–H and O–H groups in total. The molecule has 1 amide bonds. The Morgan fingerprint density at radius 1 is 1.37 bits per heavy atom. The second kappa shape index (κ2) is 10.3. The number of β-amino-alcohol motifs (C(OH)–C–C–N with tert-alkyl or cyclic N) is 1. The van der Waals surface area contributed by atoms with Crippen molar-refractivity contribution in [2.75, 3.05) is 26.2 Å². The van der Waals surface area contributed by atoms with Crippen molar-refractivity contribution >= 4 is 29.1 Å². The van der Waals surface area contributed by atoms with Crippen LogP contribution in [0, 0.1) is 6.92 Å². The van der Waals surface area contributed by atoms with Gasteiger partial charge in [0.05, 0.1) is 21.7 Å². The van der Waals surface area contributed by atoms with E-state index in [9.17, 15) is 14.7 Å². The summed E-state index contributed by atoms with van der Waals surface area (Å²) in [7, 11) is 0. The standard InChI is InChI=1S/C20H24Cl2N4O4/c1-12-16(10-24-20(29)25-12)19(28)23-9-13(27)11-26-6-4-14(5-7-26)30-15-2-3-17(21)18(22)8-15/h2-3,8,10,13-14,27H,4-7,9,11H2,1H3,(H,23,28)(H,24,25,29). The highest BCUT2D eigenvalue weighted by molar-refractivity contribution is 6.42. The molecule has 1 atom stereocenters. The average Bonchev–Trinajstić information content (AvgIpc) is 2.70. The molecule has 1 fully saturated rings. The molecule has 0 saturated carbocycles. The fourth-order valence-electron chi connectivity index (χ4n) is 3.33. The van der Waals surface area contributed by atoms with E-state index >= 15 is 0 Å². The van der Waals surface area contributed by atoms with Crippen LogP contribution in [0.2, 0.25) is 10.0 Å². The van der Waals surface area contributed by atoms with Gasteiger partial charge in [0.15, 0.2) is 0 Å². The molecule has 10 heteroatoms. The number of benzene rings is 1. The molecular weight excluding hydrogens is 431 g/mol. The SMILES string of the molecule is Cc1[nH]c(=O)ncc1C(=O)NCC(O)CN1CCC(Oc2ccc(Cl)c(Cl)c2)CC1. The van der Waals surface area contributed by atoms with Crippen LogP contribution in [0.4, 0.5) is 0 Å². The number of carbonyl (C=O) groups is 1. The summed E-state index contributed by atoms with van der Waals surface area (Å²) in [5.41, 5.74) is 0.212. The zero-order chi connectivity index (χ0) is 21.7. The maximum absolute atomic E-state index is 12.2. The third-order valence-electron chi connectivity index (χ3n) is 4.95. The van der Waals surface area contributed by atoms with Gasteiger partial charge in [0.2, 0.25) is 0 Å². The highest BCUT2D eigenvalue weighted by Gasteiger charge is 2.23. The van der Waals surface area contributed by atoms with Gasteiger partial charge >= 0.3 is 5.69 Å². The zero-order valence-corrected chi connectivity index (χ0v) is 18.0. The Bertz CT molecular complexity index is 945. The minimum absolute atomic E-state index is 0.0750. The first-order valence-electron chi connectivity index (χ1n) is 9.68. The summed E-state index contributed by atoms with van der Waals surface area (Å²) >= 11 is 11.9. The Hall–Kier alpha value is -2.13. The molecule has 0 spiro atoms. The molecule has 0 radical (unpaired) electrons. The highest BCUT2D eigenvalue weighted by atomic mass is 35.5. The van der Waals surface area contributed by atoms with Gasteiger partial charge in [0.25, 0.3) is 5.91 Å². The number of likely N-dealkylation sites (tertiary alicyclic amines) is 1. The predicted molar refractivity (Wildman–Crippen MR) is 114 cm³/mol. The van der Waals surface area contributed by atoms with Gasteiger partial charge in [-0.05, 0) is 31.9 Å². The number of hydrogen-bond donors (Lipinski definition) is 3. The van der Waals surface area contributed by atoms with Gasteiger partial charge in [-0.3, -0.25) is 4.79 Å². The van der Waals surface area contributed by atoms with E-state index in [0.717, 1.165) is 25.9 Å². The van der Waals surface area contributed by atoms with Crippen LogP contribution in [0.5, 0.6) is 5.75 Å². The lowest BCUT2D eigenvalue weighted by Gasteiger charge is -2.33. The number of H-pyrrole nitrogens is 1. The van der Waals surface area contributed by atoms with Crippen molar-refractivity contribution in [1.82, 2.24) is 20.2 Å². The maximum Gasteiger partial charge on any atom is 0.345 e. The van der Waals surface area contributed by atoms with Crippen molar-refractivity contribution in [2.45, 2.75) is 32.0 Å². The average molecular weight is 455 g/mol. The van der Waals surface area contributed by atoms with E-state index in [2.05, 4.69) is 20.2 Å². The zero-order valence-electron chi connectivity index (χ0n) is 16.5. The molecule has 30 heavy (non-hydrogen) atoms. The molecule has 2 aromatic rings. The number of aliphatic hydroxyl groups is 1. The minimum atomic E-state index is -0.711. The molecule has 1 aromatic carbocycles. The Balaban J connectivity index is 1.40. The Morgan fingerprint density at radius 3 is 2.77 bits per heavy atom. The van der Waals surface area contributed by atoms with Crippen molar-refractivity contribution in [2.24, 2.45) is 0 Å². The van der Waals surface area contributed by atoms with E-state index in [1.54, 1.807) is 25.1 Å². The number of rotatable bonds is 7. The molecule has 0 aliphatic carbocycles. The first kappa shape index (κ1) is 22.6. The van der Waals surface area contributed by atoms with Gasteiger partial charge in [-0.2, -0.15) is 0 Å². The first-order valence-corrected chi connectivity index (χ1v) is 10.4. The van der Waals surface area contributed by atoms with Crippen LogP contribution in [-0.2, 0) is 0 Å². The van der Waals surface area contributed by atoms with Crippen LogP contribution in [0.15, 0.2) is 29.2 Å². The number of halogens is 2. The largest absolute Gasteiger partial charge is 0.490 e. The molecular formula is C20H24Cl2N4O4. The molecule has 0 bridgehead atoms. The van der Waals surface area contributed by atoms with Crippen LogP contribution in [-0.4, -0.2) is 64.3 Å². The number of aryl methyl sites for hydroxylation is 1. The Morgan fingerprint density at radius 2 is 2.10 bits per heavy atom. The highest BCUT2D eigenvalue weighted by Crippen LogP contribution is 2.28. The van der Waals surface area contributed by atoms with E-state index in [4.69, 9.17) is 27.9 Å². The van der Waals surface area contributed by atoms with E-state index in [-0.39, 0.29) is 24.1 Å². The molecule has 8 nitrogen and oxygen atoms in total. The Labute approximate surface area is 184 Å². The molecule has 1 aromatic heterocycles. The lowest BCUT2D eigenvalue weighted by molar-refractivity contribution is 0.0594. The number of ether oxygens (including phenoxy) is 1. The fourth-order valence-corrected chi connectivity index (χ4v) is 3.62. The normalized spacial score (nSPS) is 16.3. The van der Waals surface area contributed by atoms with E-state index in [0.29, 0.717) is 28.0 Å². The van der Waals surface area contributed by atoms with E-state index in [1.165, 1.54) is 6.20 Å². The number of aromatic nitrogens is 2. The number of amides is 1. The summed E-state index contributed by atoms with van der Waals surface area (Å²) in [6.07, 6.45) is 2.24. The second-order valence-corrected chi connectivity index (χ2v) is 8.10. The summed E-state index contributed by atoms with van der Waals surface area (Å²) in [6.45, 7) is 3.73. The van der Waals surface area contributed by atoms with Gasteiger partial charge in [-0.1, -0.05) is 23.2 Å². The van der Waals surface area contributed by atoms with Gasteiger partial charge < -0.3 is 25.0 Å². The third-order valence-corrected chi connectivity index (χ3v) is 5.69. The molecule has 1 aliphatic rings. The summed E-state index contributed by atoms with van der Waals surface area (Å²) in [4.78, 5) is 31.5. The van der Waals surface area contributed by atoms with Crippen LogP contribution < -0.4 is 15.7 Å². The van der Waals surface area contributed by atoms with Gasteiger partial charge in [-0.25, -0.2) is 9.78 Å². The molecule has 2 heterocycles. The third kappa shape index (κ3) is 6.18. The fraction of sp³-hybridized carbons (Fsp3) is 0.450. The van der Waals surface area contributed by atoms with E-state index in [1.807, 2.05) is 0 Å². The number of piperidine rings is 1. The molecule has 162 valence electrons. The quantitative estimate of drug-likeness (QED) is 0.590. The topological polar surface area (TPSA) is 108 Å². The van der Waals surface area contributed by atoms with Crippen LogP contribution in [0.3, 0.4) is 0 Å². The molecule has 1 aliphatic heterocycles. The van der Waals surface area contributed by atoms with Crippen LogP contribution >= 0.6 is 23.2 Å². The van der Waals surface area contributed by atoms with Gasteiger partial charge in [0, 0.05) is 44.1 Å². The smallest absolute Gasteiger partial charge is 0.345 e. The van der Waals surface area contributed by atoms with Crippen molar-refractivity contribution in [3.05, 3.63) is 56.2 Å². The second-order valence-electron chi connectivity index (χ2n) is 7.28. The van der Waals surface area contributed by atoms with Gasteiger partial charge in [0.1, 0.15) is 11.9 Å². The van der Waals surface area contributed by atoms with Crippen molar-refractivity contribution in [3.63, 3.8) is 0 Å².